The van der Waals surface area contributed by atoms with Gasteiger partial charge >= 0.3 is 0 Å². The first kappa shape index (κ1) is 28.3. The predicted molar refractivity (Wildman–Crippen MR) is 152 cm³/mol. The standard InChI is InChI=1S/C29H32N4O4S/c1-18(2)37-24-8-6-7-21(17-24)26(35)31-28(38)33-32-27(36)20-11-15-23(16-12-20)30-25(34)19-9-13-22(14-10-19)29(3,4)5/h6-18H,1-5H3,(H,30,34)(H,32,36)(H2,31,33,35,38). The fourth-order valence-corrected chi connectivity index (χ4v) is 3.55. The van der Waals surface area contributed by atoms with Gasteiger partial charge in [0.2, 0.25) is 0 Å². The van der Waals surface area contributed by atoms with Crippen LogP contribution in [0.15, 0.2) is 72.8 Å². The van der Waals surface area contributed by atoms with Crippen molar-refractivity contribution in [3.05, 3.63) is 95.1 Å². The Hall–Kier alpha value is -4.24. The molecule has 0 fully saturated rings. The van der Waals surface area contributed by atoms with Crippen molar-refractivity contribution < 1.29 is 19.1 Å². The second kappa shape index (κ2) is 12.3. The number of amides is 3. The van der Waals surface area contributed by atoms with Crippen LogP contribution >= 0.6 is 12.2 Å². The highest BCUT2D eigenvalue weighted by atomic mass is 32.1. The number of nitrogens with one attached hydrogen (secondary N) is 4. The lowest BCUT2D eigenvalue weighted by molar-refractivity contribution is 0.0934. The van der Waals surface area contributed by atoms with E-state index in [-0.39, 0.29) is 22.5 Å². The van der Waals surface area contributed by atoms with Crippen LogP contribution in [0.1, 0.15) is 71.3 Å². The number of anilines is 1. The quantitative estimate of drug-likeness (QED) is 0.264. The number of hydrogen-bond donors (Lipinski definition) is 4. The number of ether oxygens (including phenoxy) is 1. The molecule has 0 aromatic heterocycles. The van der Waals surface area contributed by atoms with Crippen LogP contribution in [0, 0.1) is 0 Å². The second-order valence-corrected chi connectivity index (χ2v) is 10.3. The third kappa shape index (κ3) is 8.14. The highest BCUT2D eigenvalue weighted by Gasteiger charge is 2.15. The van der Waals surface area contributed by atoms with Crippen LogP contribution in [-0.2, 0) is 5.41 Å². The fourth-order valence-electron chi connectivity index (χ4n) is 3.40. The maximum absolute atomic E-state index is 12.6. The summed E-state index contributed by atoms with van der Waals surface area (Å²) in [7, 11) is 0. The first-order valence-electron chi connectivity index (χ1n) is 12.1. The minimum absolute atomic E-state index is 0.00412. The molecule has 0 radical (unpaired) electrons. The zero-order valence-electron chi connectivity index (χ0n) is 22.0. The molecule has 4 N–H and O–H groups in total. The summed E-state index contributed by atoms with van der Waals surface area (Å²) in [6.45, 7) is 10.1. The number of hydrogen-bond acceptors (Lipinski definition) is 5. The van der Waals surface area contributed by atoms with Gasteiger partial charge in [0.1, 0.15) is 5.75 Å². The van der Waals surface area contributed by atoms with Gasteiger partial charge in [-0.3, -0.25) is 30.6 Å². The van der Waals surface area contributed by atoms with E-state index in [4.69, 9.17) is 17.0 Å². The van der Waals surface area contributed by atoms with Gasteiger partial charge in [0.25, 0.3) is 17.7 Å². The Balaban J connectivity index is 1.49. The summed E-state index contributed by atoms with van der Waals surface area (Å²) in [6, 6.07) is 20.6. The van der Waals surface area contributed by atoms with Crippen molar-refractivity contribution in [3.8, 4) is 5.75 Å². The number of carbonyl (C=O) groups is 3. The lowest BCUT2D eigenvalue weighted by Gasteiger charge is -2.19. The molecule has 0 saturated heterocycles. The van der Waals surface area contributed by atoms with Crippen LogP contribution in [0.4, 0.5) is 5.69 Å². The highest BCUT2D eigenvalue weighted by molar-refractivity contribution is 7.80. The van der Waals surface area contributed by atoms with E-state index in [1.54, 1.807) is 60.7 Å². The van der Waals surface area contributed by atoms with Crippen molar-refractivity contribution in [2.24, 2.45) is 0 Å². The van der Waals surface area contributed by atoms with Crippen molar-refractivity contribution in [1.82, 2.24) is 16.2 Å². The fraction of sp³-hybridized carbons (Fsp3) is 0.241. The minimum atomic E-state index is -0.468. The van der Waals surface area contributed by atoms with E-state index in [1.807, 2.05) is 26.0 Å². The van der Waals surface area contributed by atoms with E-state index in [9.17, 15) is 14.4 Å². The van der Waals surface area contributed by atoms with Crippen LogP contribution in [0.3, 0.4) is 0 Å². The molecule has 3 amide bonds. The van der Waals surface area contributed by atoms with Crippen LogP contribution < -0.4 is 26.2 Å². The maximum atomic E-state index is 12.6. The Bertz CT molecular complexity index is 1310. The van der Waals surface area contributed by atoms with Gasteiger partial charge in [-0.2, -0.15) is 0 Å². The lowest BCUT2D eigenvalue weighted by atomic mass is 9.87. The first-order valence-corrected chi connectivity index (χ1v) is 12.5. The van der Waals surface area contributed by atoms with Gasteiger partial charge in [-0.05, 0) is 91.6 Å². The maximum Gasteiger partial charge on any atom is 0.269 e. The number of rotatable bonds is 6. The van der Waals surface area contributed by atoms with E-state index < -0.39 is 11.8 Å². The zero-order chi connectivity index (χ0) is 27.9. The van der Waals surface area contributed by atoms with Gasteiger partial charge in [0, 0.05) is 22.4 Å². The average molecular weight is 533 g/mol. The van der Waals surface area contributed by atoms with E-state index in [0.29, 0.717) is 28.1 Å². The molecule has 0 heterocycles. The summed E-state index contributed by atoms with van der Waals surface area (Å²) < 4.78 is 5.60. The highest BCUT2D eigenvalue weighted by Crippen LogP contribution is 2.22. The Labute approximate surface area is 228 Å². The smallest absolute Gasteiger partial charge is 0.269 e. The van der Waals surface area contributed by atoms with Crippen molar-refractivity contribution in [2.45, 2.75) is 46.1 Å². The molecule has 3 rings (SSSR count). The second-order valence-electron chi connectivity index (χ2n) is 9.92. The van der Waals surface area contributed by atoms with Crippen LogP contribution in [-0.4, -0.2) is 28.9 Å². The molecule has 9 heteroatoms. The minimum Gasteiger partial charge on any atom is -0.491 e. The average Bonchev–Trinajstić information content (AvgIpc) is 2.87. The van der Waals surface area contributed by atoms with Crippen LogP contribution in [0.2, 0.25) is 0 Å². The van der Waals surface area contributed by atoms with Gasteiger partial charge in [-0.1, -0.05) is 39.0 Å². The molecular formula is C29H32N4O4S. The normalized spacial score (nSPS) is 10.9. The van der Waals surface area contributed by atoms with E-state index in [1.165, 1.54) is 0 Å². The Morgan fingerprint density at radius 2 is 1.37 bits per heavy atom. The van der Waals surface area contributed by atoms with Crippen LogP contribution in [0.5, 0.6) is 5.75 Å². The van der Waals surface area contributed by atoms with E-state index in [0.717, 1.165) is 5.56 Å². The predicted octanol–water partition coefficient (Wildman–Crippen LogP) is 4.97. The first-order chi connectivity index (χ1) is 17.9. The van der Waals surface area contributed by atoms with Gasteiger partial charge in [0.05, 0.1) is 6.10 Å². The largest absolute Gasteiger partial charge is 0.491 e. The van der Waals surface area contributed by atoms with Crippen LogP contribution in [0.25, 0.3) is 0 Å². The molecule has 0 unspecified atom stereocenters. The molecule has 0 aliphatic carbocycles. The molecule has 0 atom stereocenters. The molecule has 8 nitrogen and oxygen atoms in total. The molecular weight excluding hydrogens is 500 g/mol. The van der Waals surface area contributed by atoms with Gasteiger partial charge in [0.15, 0.2) is 5.11 Å². The molecule has 198 valence electrons. The number of benzene rings is 3. The summed E-state index contributed by atoms with van der Waals surface area (Å²) in [5, 5.41) is 5.26. The summed E-state index contributed by atoms with van der Waals surface area (Å²) >= 11 is 5.11. The Morgan fingerprint density at radius 1 is 0.763 bits per heavy atom. The summed E-state index contributed by atoms with van der Waals surface area (Å²) in [5.74, 6) is -0.590. The monoisotopic (exact) mass is 532 g/mol. The molecule has 3 aromatic carbocycles. The van der Waals surface area contributed by atoms with Crippen molar-refractivity contribution in [1.29, 1.82) is 0 Å². The SMILES string of the molecule is CC(C)Oc1cccc(C(=O)NC(=S)NNC(=O)c2ccc(NC(=O)c3ccc(C(C)(C)C)cc3)cc2)c1. The summed E-state index contributed by atoms with van der Waals surface area (Å²) in [6.07, 6.45) is -0.0256. The Kier molecular flexibility index (Phi) is 9.20. The number of hydrazine groups is 1. The molecule has 0 spiro atoms. The Morgan fingerprint density at radius 3 is 1.97 bits per heavy atom. The number of carbonyl (C=O) groups excluding carboxylic acids is 3. The molecule has 0 saturated carbocycles. The van der Waals surface area contributed by atoms with E-state index >= 15 is 0 Å². The zero-order valence-corrected chi connectivity index (χ0v) is 22.9. The van der Waals surface area contributed by atoms with Gasteiger partial charge in [-0.15, -0.1) is 0 Å². The molecule has 0 aliphatic heterocycles. The van der Waals surface area contributed by atoms with Crippen molar-refractivity contribution >= 4 is 40.7 Å². The van der Waals surface area contributed by atoms with Gasteiger partial charge < -0.3 is 10.1 Å². The lowest BCUT2D eigenvalue weighted by Crippen LogP contribution is -2.48. The van der Waals surface area contributed by atoms with Crippen molar-refractivity contribution in [2.75, 3.05) is 5.32 Å². The van der Waals surface area contributed by atoms with Crippen molar-refractivity contribution in [3.63, 3.8) is 0 Å². The molecule has 0 aliphatic rings. The third-order valence-electron chi connectivity index (χ3n) is 5.40. The third-order valence-corrected chi connectivity index (χ3v) is 5.61. The molecule has 3 aromatic rings. The summed E-state index contributed by atoms with van der Waals surface area (Å²) in [4.78, 5) is 37.5. The molecule has 0 bridgehead atoms. The summed E-state index contributed by atoms with van der Waals surface area (Å²) in [5.41, 5.74) is 7.88. The number of thiocarbonyl (C=S) groups is 1. The van der Waals surface area contributed by atoms with Gasteiger partial charge in [-0.25, -0.2) is 0 Å². The topological polar surface area (TPSA) is 109 Å². The van der Waals surface area contributed by atoms with E-state index in [2.05, 4.69) is 42.3 Å². The molecule has 38 heavy (non-hydrogen) atoms.